The molecule has 1 unspecified atom stereocenters. The maximum atomic E-state index is 14.2. The van der Waals surface area contributed by atoms with Crippen LogP contribution in [0, 0.1) is 17.7 Å². The second-order valence-corrected chi connectivity index (χ2v) is 8.66. The molecule has 0 bridgehead atoms. The monoisotopic (exact) mass is 457 g/mol. The number of anilines is 1. The Hall–Kier alpha value is -3.27. The standard InChI is InChI=1S/C21H21ClFN7O2/c1-27-17(31)6-16(11-4-5-24-8-15(11)23)26-21(27)28(2)18-13-9-30(10-14(13)18)20(32)12-7-25-29(3)19(12)22/h4-8,13-14,18H,9-10H2,1-3H3/t13-,14+,18?. The van der Waals surface area contributed by atoms with E-state index in [2.05, 4.69) is 15.1 Å². The van der Waals surface area contributed by atoms with Crippen molar-refractivity contribution in [2.45, 2.75) is 6.04 Å². The molecule has 0 N–H and O–H groups in total. The molecule has 166 valence electrons. The summed E-state index contributed by atoms with van der Waals surface area (Å²) in [6.07, 6.45) is 4.05. The van der Waals surface area contributed by atoms with Gasteiger partial charge in [-0.15, -0.1) is 0 Å². The lowest BCUT2D eigenvalue weighted by atomic mass is 10.2. The van der Waals surface area contributed by atoms with Crippen molar-refractivity contribution in [3.8, 4) is 11.3 Å². The van der Waals surface area contributed by atoms with Crippen LogP contribution in [0.1, 0.15) is 10.4 Å². The number of hydrogen-bond donors (Lipinski definition) is 0. The van der Waals surface area contributed by atoms with Gasteiger partial charge in [0.1, 0.15) is 5.15 Å². The van der Waals surface area contributed by atoms with E-state index in [1.807, 2.05) is 11.9 Å². The highest BCUT2D eigenvalue weighted by atomic mass is 35.5. The third-order valence-electron chi connectivity index (χ3n) is 6.46. The van der Waals surface area contributed by atoms with Crippen LogP contribution < -0.4 is 10.5 Å². The smallest absolute Gasteiger partial charge is 0.258 e. The number of aryl methyl sites for hydroxylation is 1. The van der Waals surface area contributed by atoms with E-state index in [1.54, 1.807) is 19.0 Å². The van der Waals surface area contributed by atoms with Gasteiger partial charge in [0.15, 0.2) is 5.82 Å². The average Bonchev–Trinajstić information content (AvgIpc) is 3.08. The second kappa shape index (κ2) is 7.40. The molecule has 2 fully saturated rings. The minimum atomic E-state index is -0.534. The molecule has 0 aromatic carbocycles. The number of likely N-dealkylation sites (tertiary alicyclic amines) is 1. The topological polar surface area (TPSA) is 89.2 Å². The molecule has 3 atom stereocenters. The molecular formula is C21H21ClFN7O2. The Morgan fingerprint density at radius 3 is 2.59 bits per heavy atom. The van der Waals surface area contributed by atoms with Gasteiger partial charge in [-0.25, -0.2) is 9.37 Å². The zero-order chi connectivity index (χ0) is 22.7. The summed E-state index contributed by atoms with van der Waals surface area (Å²) in [7, 11) is 5.21. The number of carbonyl (C=O) groups is 1. The van der Waals surface area contributed by atoms with Gasteiger partial charge in [-0.1, -0.05) is 11.6 Å². The Labute approximate surface area is 188 Å². The number of pyridine rings is 1. The summed E-state index contributed by atoms with van der Waals surface area (Å²) in [5.74, 6) is 0.317. The summed E-state index contributed by atoms with van der Waals surface area (Å²) in [4.78, 5) is 37.4. The van der Waals surface area contributed by atoms with Crippen molar-refractivity contribution in [2.75, 3.05) is 25.0 Å². The number of amides is 1. The molecule has 3 aromatic rings. The van der Waals surface area contributed by atoms with Crippen LogP contribution >= 0.6 is 11.6 Å². The van der Waals surface area contributed by atoms with Gasteiger partial charge in [0, 0.05) is 69.9 Å². The number of fused-ring (bicyclic) bond motifs is 1. The zero-order valence-electron chi connectivity index (χ0n) is 17.7. The van der Waals surface area contributed by atoms with E-state index in [0.29, 0.717) is 29.8 Å². The van der Waals surface area contributed by atoms with E-state index in [9.17, 15) is 14.0 Å². The fourth-order valence-corrected chi connectivity index (χ4v) is 4.84. The van der Waals surface area contributed by atoms with E-state index in [4.69, 9.17) is 11.6 Å². The van der Waals surface area contributed by atoms with E-state index in [0.717, 1.165) is 6.20 Å². The van der Waals surface area contributed by atoms with Crippen LogP contribution in [0.2, 0.25) is 5.15 Å². The van der Waals surface area contributed by atoms with Crippen LogP contribution in [0.3, 0.4) is 0 Å². The number of nitrogens with zero attached hydrogens (tertiary/aromatic N) is 7. The maximum Gasteiger partial charge on any atom is 0.258 e. The highest BCUT2D eigenvalue weighted by molar-refractivity contribution is 6.32. The molecule has 1 aliphatic heterocycles. The predicted octanol–water partition coefficient (Wildman–Crippen LogP) is 1.58. The zero-order valence-corrected chi connectivity index (χ0v) is 18.5. The van der Waals surface area contributed by atoms with E-state index in [-0.39, 0.29) is 40.6 Å². The van der Waals surface area contributed by atoms with E-state index in [1.165, 1.54) is 33.8 Å². The number of hydrogen-bond acceptors (Lipinski definition) is 6. The molecule has 1 saturated heterocycles. The first kappa shape index (κ1) is 20.6. The molecule has 1 aliphatic carbocycles. The van der Waals surface area contributed by atoms with Crippen molar-refractivity contribution in [1.82, 2.24) is 29.2 Å². The molecule has 32 heavy (non-hydrogen) atoms. The molecule has 1 saturated carbocycles. The molecule has 0 spiro atoms. The van der Waals surface area contributed by atoms with Gasteiger partial charge in [0.05, 0.1) is 23.7 Å². The van der Waals surface area contributed by atoms with Gasteiger partial charge in [-0.2, -0.15) is 5.10 Å². The summed E-state index contributed by atoms with van der Waals surface area (Å²) >= 11 is 6.17. The third kappa shape index (κ3) is 3.17. The summed E-state index contributed by atoms with van der Waals surface area (Å²) in [6.45, 7) is 1.19. The summed E-state index contributed by atoms with van der Waals surface area (Å²) in [5, 5.41) is 4.36. The van der Waals surface area contributed by atoms with Crippen molar-refractivity contribution in [1.29, 1.82) is 0 Å². The minimum Gasteiger partial charge on any atom is -0.342 e. The Morgan fingerprint density at radius 1 is 1.25 bits per heavy atom. The SMILES string of the molecule is CN(c1nc(-c2ccncc2F)cc(=O)n1C)C1[C@H]2CN(C(=O)c3cnn(C)c3Cl)C[C@@H]12. The van der Waals surface area contributed by atoms with Crippen LogP contribution in [-0.4, -0.2) is 61.3 Å². The molecule has 2 aliphatic rings. The van der Waals surface area contributed by atoms with E-state index < -0.39 is 5.82 Å². The Balaban J connectivity index is 1.35. The van der Waals surface area contributed by atoms with E-state index >= 15 is 0 Å². The molecule has 5 rings (SSSR count). The second-order valence-electron chi connectivity index (χ2n) is 8.31. The molecule has 0 radical (unpaired) electrons. The first-order valence-corrected chi connectivity index (χ1v) is 10.5. The summed E-state index contributed by atoms with van der Waals surface area (Å²) in [5.41, 5.74) is 0.621. The van der Waals surface area contributed by atoms with Gasteiger partial charge in [-0.05, 0) is 6.07 Å². The van der Waals surface area contributed by atoms with Gasteiger partial charge >= 0.3 is 0 Å². The van der Waals surface area contributed by atoms with Gasteiger partial charge in [0.25, 0.3) is 11.5 Å². The number of aromatic nitrogens is 5. The number of rotatable bonds is 4. The van der Waals surface area contributed by atoms with Gasteiger partial charge in [0.2, 0.25) is 5.95 Å². The van der Waals surface area contributed by atoms with Crippen LogP contribution in [0.5, 0.6) is 0 Å². The number of halogens is 2. The molecular weight excluding hydrogens is 437 g/mol. The Bertz CT molecular complexity index is 1280. The first-order valence-electron chi connectivity index (χ1n) is 10.2. The lowest BCUT2D eigenvalue weighted by Gasteiger charge is -2.26. The summed E-state index contributed by atoms with van der Waals surface area (Å²) < 4.78 is 17.1. The fraction of sp³-hybridized carbons (Fsp3) is 0.381. The van der Waals surface area contributed by atoms with Crippen molar-refractivity contribution < 1.29 is 9.18 Å². The fourth-order valence-electron chi connectivity index (χ4n) is 4.67. The van der Waals surface area contributed by atoms with Crippen LogP contribution in [0.4, 0.5) is 10.3 Å². The maximum absolute atomic E-state index is 14.2. The van der Waals surface area contributed by atoms with Crippen LogP contribution in [-0.2, 0) is 14.1 Å². The average molecular weight is 458 g/mol. The molecule has 1 amide bonds. The molecule has 11 heteroatoms. The highest BCUT2D eigenvalue weighted by Gasteiger charge is 2.59. The number of piperidine rings is 1. The quantitative estimate of drug-likeness (QED) is 0.591. The van der Waals surface area contributed by atoms with Crippen LogP contribution in [0.15, 0.2) is 35.5 Å². The Morgan fingerprint density at radius 2 is 1.97 bits per heavy atom. The number of carbonyl (C=O) groups excluding carboxylic acids is 1. The largest absolute Gasteiger partial charge is 0.342 e. The molecule has 9 nitrogen and oxygen atoms in total. The van der Waals surface area contributed by atoms with Gasteiger partial charge < -0.3 is 9.80 Å². The van der Waals surface area contributed by atoms with Crippen molar-refractivity contribution >= 4 is 23.5 Å². The van der Waals surface area contributed by atoms with Crippen molar-refractivity contribution in [3.63, 3.8) is 0 Å². The third-order valence-corrected chi connectivity index (χ3v) is 6.90. The summed E-state index contributed by atoms with van der Waals surface area (Å²) in [6, 6.07) is 2.96. The lowest BCUT2D eigenvalue weighted by Crippen LogP contribution is -2.38. The predicted molar refractivity (Wildman–Crippen MR) is 116 cm³/mol. The van der Waals surface area contributed by atoms with Crippen molar-refractivity contribution in [3.05, 3.63) is 57.6 Å². The lowest BCUT2D eigenvalue weighted by molar-refractivity contribution is 0.0773. The van der Waals surface area contributed by atoms with Crippen molar-refractivity contribution in [2.24, 2.45) is 25.9 Å². The molecule has 3 aromatic heterocycles. The molecule has 4 heterocycles. The van der Waals surface area contributed by atoms with Gasteiger partial charge in [-0.3, -0.25) is 23.8 Å². The minimum absolute atomic E-state index is 0.127. The normalized spacial score (nSPS) is 21.5. The first-order chi connectivity index (χ1) is 15.3. The highest BCUT2D eigenvalue weighted by Crippen LogP contribution is 2.49. The Kier molecular flexibility index (Phi) is 4.77. The van der Waals surface area contributed by atoms with Crippen LogP contribution in [0.25, 0.3) is 11.3 Å².